The van der Waals surface area contributed by atoms with Gasteiger partial charge in [0.1, 0.15) is 4.32 Å². The number of thioether (sulfide) groups is 2. The summed E-state index contributed by atoms with van der Waals surface area (Å²) in [7, 11) is 0. The summed E-state index contributed by atoms with van der Waals surface area (Å²) in [4.78, 5) is 16.5. The van der Waals surface area contributed by atoms with Crippen LogP contribution in [0.15, 0.2) is 46.9 Å². The van der Waals surface area contributed by atoms with Crippen molar-refractivity contribution in [2.24, 2.45) is 5.10 Å². The molecule has 1 fully saturated rings. The first kappa shape index (κ1) is 20.9. The van der Waals surface area contributed by atoms with Gasteiger partial charge in [0.2, 0.25) is 0 Å². The smallest absolute Gasteiger partial charge is 0.253 e. The standard InChI is InChI=1S/C21H23N3OS4/c1-15-4-6-16(7-5-15)18-13-17(19-3-2-10-28-19)22-24(18)20(25)14-29-21(26)23-8-11-27-12-9-23/h2-7,10,18H,8-9,11-14H2,1H3. The molecule has 0 bridgehead atoms. The van der Waals surface area contributed by atoms with Crippen molar-refractivity contribution in [3.8, 4) is 0 Å². The summed E-state index contributed by atoms with van der Waals surface area (Å²) in [5.74, 6) is 2.54. The van der Waals surface area contributed by atoms with Crippen LogP contribution >= 0.6 is 47.1 Å². The summed E-state index contributed by atoms with van der Waals surface area (Å²) in [6, 6.07) is 12.5. The van der Waals surface area contributed by atoms with Crippen LogP contribution in [0, 0.1) is 6.92 Å². The zero-order valence-corrected chi connectivity index (χ0v) is 19.5. The van der Waals surface area contributed by atoms with Crippen molar-refractivity contribution in [1.29, 1.82) is 0 Å². The van der Waals surface area contributed by atoms with Gasteiger partial charge in [-0.25, -0.2) is 5.01 Å². The Balaban J connectivity index is 1.48. The Labute approximate surface area is 189 Å². The van der Waals surface area contributed by atoms with E-state index in [4.69, 9.17) is 17.3 Å². The molecule has 0 N–H and O–H groups in total. The van der Waals surface area contributed by atoms with E-state index < -0.39 is 0 Å². The molecule has 29 heavy (non-hydrogen) atoms. The van der Waals surface area contributed by atoms with Crippen molar-refractivity contribution in [2.45, 2.75) is 19.4 Å². The second-order valence-electron chi connectivity index (χ2n) is 7.05. The molecule has 2 aromatic rings. The van der Waals surface area contributed by atoms with E-state index in [1.807, 2.05) is 17.8 Å². The van der Waals surface area contributed by atoms with Gasteiger partial charge in [-0.3, -0.25) is 4.79 Å². The van der Waals surface area contributed by atoms with E-state index in [2.05, 4.69) is 47.5 Å². The van der Waals surface area contributed by atoms with Gasteiger partial charge in [-0.05, 0) is 23.9 Å². The van der Waals surface area contributed by atoms with Gasteiger partial charge in [0.25, 0.3) is 5.91 Å². The van der Waals surface area contributed by atoms with E-state index in [1.165, 1.54) is 17.3 Å². The fraction of sp³-hybridized carbons (Fsp3) is 0.381. The number of carbonyl (C=O) groups is 1. The van der Waals surface area contributed by atoms with Gasteiger partial charge in [-0.2, -0.15) is 16.9 Å². The summed E-state index contributed by atoms with van der Waals surface area (Å²) in [5, 5.41) is 8.47. The zero-order valence-electron chi connectivity index (χ0n) is 16.2. The first-order valence-corrected chi connectivity index (χ1v) is 13.0. The maximum Gasteiger partial charge on any atom is 0.253 e. The molecule has 1 saturated heterocycles. The lowest BCUT2D eigenvalue weighted by atomic mass is 10.00. The maximum absolute atomic E-state index is 13.1. The van der Waals surface area contributed by atoms with E-state index in [0.29, 0.717) is 5.75 Å². The van der Waals surface area contributed by atoms with Crippen molar-refractivity contribution in [3.05, 3.63) is 57.8 Å². The molecule has 4 nitrogen and oxygen atoms in total. The van der Waals surface area contributed by atoms with Crippen molar-refractivity contribution >= 4 is 63.0 Å². The summed E-state index contributed by atoms with van der Waals surface area (Å²) in [6.45, 7) is 4.02. The van der Waals surface area contributed by atoms with E-state index >= 15 is 0 Å². The highest BCUT2D eigenvalue weighted by molar-refractivity contribution is 8.23. The molecule has 0 spiro atoms. The Morgan fingerprint density at radius 1 is 1.24 bits per heavy atom. The molecule has 1 unspecified atom stereocenters. The third kappa shape index (κ3) is 5.05. The zero-order chi connectivity index (χ0) is 20.2. The fourth-order valence-corrected chi connectivity index (χ4v) is 6.13. The van der Waals surface area contributed by atoms with Crippen molar-refractivity contribution < 1.29 is 4.79 Å². The third-order valence-corrected chi connectivity index (χ3v) is 8.39. The maximum atomic E-state index is 13.1. The Morgan fingerprint density at radius 2 is 2.00 bits per heavy atom. The Bertz CT molecular complexity index is 889. The summed E-state index contributed by atoms with van der Waals surface area (Å²) >= 11 is 10.7. The van der Waals surface area contributed by atoms with Crippen LogP contribution in [0.5, 0.6) is 0 Å². The van der Waals surface area contributed by atoms with Crippen molar-refractivity contribution in [3.63, 3.8) is 0 Å². The summed E-state index contributed by atoms with van der Waals surface area (Å²) in [6.07, 6.45) is 0.744. The van der Waals surface area contributed by atoms with E-state index in [9.17, 15) is 4.79 Å². The fourth-order valence-electron chi connectivity index (χ4n) is 3.41. The molecule has 152 valence electrons. The van der Waals surface area contributed by atoms with Crippen LogP contribution in [0.25, 0.3) is 0 Å². The summed E-state index contributed by atoms with van der Waals surface area (Å²) in [5.41, 5.74) is 3.32. The number of carbonyl (C=O) groups excluding carboxylic acids is 1. The average Bonchev–Trinajstić information content (AvgIpc) is 3.43. The topological polar surface area (TPSA) is 35.9 Å². The number of amides is 1. The molecular formula is C21H23N3OS4. The average molecular weight is 462 g/mol. The van der Waals surface area contributed by atoms with Gasteiger partial charge in [-0.1, -0.05) is 59.9 Å². The highest BCUT2D eigenvalue weighted by atomic mass is 32.2. The van der Waals surface area contributed by atoms with Crippen LogP contribution in [0.2, 0.25) is 0 Å². The summed E-state index contributed by atoms with van der Waals surface area (Å²) < 4.78 is 0.826. The third-order valence-electron chi connectivity index (χ3n) is 5.02. The SMILES string of the molecule is Cc1ccc(C2CC(c3cccs3)=NN2C(=O)CSC(=S)N2CCSCC2)cc1. The molecule has 1 atom stereocenters. The quantitative estimate of drug-likeness (QED) is 0.611. The van der Waals surface area contributed by atoms with Crippen molar-refractivity contribution in [2.75, 3.05) is 30.3 Å². The van der Waals surface area contributed by atoms with E-state index in [0.717, 1.165) is 51.5 Å². The molecule has 1 aromatic carbocycles. The molecule has 0 aliphatic carbocycles. The lowest BCUT2D eigenvalue weighted by molar-refractivity contribution is -0.130. The minimum atomic E-state index is -0.0549. The second-order valence-corrected chi connectivity index (χ2v) is 10.8. The van der Waals surface area contributed by atoms with Gasteiger partial charge >= 0.3 is 0 Å². The molecule has 3 heterocycles. The van der Waals surface area contributed by atoms with Crippen LogP contribution in [0.4, 0.5) is 0 Å². The highest BCUT2D eigenvalue weighted by Crippen LogP contribution is 2.34. The number of nitrogens with zero attached hydrogens (tertiary/aromatic N) is 3. The van der Waals surface area contributed by atoms with Crippen LogP contribution in [-0.2, 0) is 4.79 Å². The minimum absolute atomic E-state index is 0.0147. The Hall–Kier alpha value is -1.35. The number of rotatable bonds is 4. The first-order chi connectivity index (χ1) is 14.1. The van der Waals surface area contributed by atoms with Gasteiger partial charge in [-0.15, -0.1) is 11.3 Å². The Kier molecular flexibility index (Phi) is 6.95. The lowest BCUT2D eigenvalue weighted by Crippen LogP contribution is -2.36. The Morgan fingerprint density at radius 3 is 2.69 bits per heavy atom. The lowest BCUT2D eigenvalue weighted by Gasteiger charge is -2.28. The minimum Gasteiger partial charge on any atom is -0.356 e. The molecule has 1 amide bonds. The predicted octanol–water partition coefficient (Wildman–Crippen LogP) is 4.80. The number of thiophene rings is 1. The van der Waals surface area contributed by atoms with Gasteiger partial charge in [0, 0.05) is 31.0 Å². The second kappa shape index (κ2) is 9.64. The molecule has 4 rings (SSSR count). The molecule has 0 saturated carbocycles. The normalized spacial score (nSPS) is 19.3. The molecular weight excluding hydrogens is 439 g/mol. The molecule has 2 aliphatic rings. The van der Waals surface area contributed by atoms with Crippen LogP contribution in [-0.4, -0.2) is 56.2 Å². The van der Waals surface area contributed by atoms with Gasteiger partial charge in [0.15, 0.2) is 0 Å². The van der Waals surface area contributed by atoms with Gasteiger partial charge < -0.3 is 4.90 Å². The number of hydrogen-bond acceptors (Lipinski definition) is 6. The highest BCUT2D eigenvalue weighted by Gasteiger charge is 2.33. The molecule has 8 heteroatoms. The molecule has 0 radical (unpaired) electrons. The van der Waals surface area contributed by atoms with E-state index in [1.54, 1.807) is 16.3 Å². The predicted molar refractivity (Wildman–Crippen MR) is 130 cm³/mol. The first-order valence-electron chi connectivity index (χ1n) is 9.61. The number of benzene rings is 1. The number of hydrogen-bond donors (Lipinski definition) is 0. The molecule has 1 aromatic heterocycles. The van der Waals surface area contributed by atoms with E-state index in [-0.39, 0.29) is 11.9 Å². The number of hydrazone groups is 1. The number of aryl methyl sites for hydroxylation is 1. The van der Waals surface area contributed by atoms with Crippen LogP contribution in [0.1, 0.15) is 28.5 Å². The number of thiocarbonyl (C=S) groups is 1. The largest absolute Gasteiger partial charge is 0.356 e. The van der Waals surface area contributed by atoms with Crippen LogP contribution in [0.3, 0.4) is 0 Å². The van der Waals surface area contributed by atoms with Crippen LogP contribution < -0.4 is 0 Å². The molecule has 2 aliphatic heterocycles. The van der Waals surface area contributed by atoms with Gasteiger partial charge in [0.05, 0.1) is 22.4 Å². The monoisotopic (exact) mass is 461 g/mol. The van der Waals surface area contributed by atoms with Crippen molar-refractivity contribution in [1.82, 2.24) is 9.91 Å².